The van der Waals surface area contributed by atoms with E-state index in [0.717, 1.165) is 25.7 Å². The summed E-state index contributed by atoms with van der Waals surface area (Å²) in [6.45, 7) is 0. The average molecular weight is 228 g/mol. The van der Waals surface area contributed by atoms with Crippen molar-refractivity contribution in [1.29, 1.82) is 0 Å². The van der Waals surface area contributed by atoms with Gasteiger partial charge in [0.15, 0.2) is 0 Å². The Balaban J connectivity index is 2.14. The molecule has 0 bridgehead atoms. The molecule has 1 fully saturated rings. The Kier molecular flexibility index (Phi) is 5.60. The third-order valence-corrected chi connectivity index (χ3v) is 3.56. The first kappa shape index (κ1) is 11.7. The third kappa shape index (κ3) is 5.18. The molecule has 0 spiro atoms. The van der Waals surface area contributed by atoms with Crippen LogP contribution in [0.5, 0.6) is 0 Å². The van der Waals surface area contributed by atoms with Crippen molar-refractivity contribution in [3.05, 3.63) is 0 Å². The molecule has 1 atom stereocenters. The molecule has 0 aliphatic heterocycles. The van der Waals surface area contributed by atoms with Crippen molar-refractivity contribution in [2.75, 3.05) is 0 Å². The van der Waals surface area contributed by atoms with Gasteiger partial charge >= 0.3 is 17.2 Å². The molecule has 1 aliphatic carbocycles. The lowest BCUT2D eigenvalue weighted by Crippen LogP contribution is -2.14. The van der Waals surface area contributed by atoms with Gasteiger partial charge in [0.05, 0.1) is 6.10 Å². The van der Waals surface area contributed by atoms with Gasteiger partial charge in [0.2, 0.25) is 0 Å². The standard InChI is InChI=1S/C6H14O5P2/c7-12(8)11-13(9)10-6-4-2-1-3-5-6/h6-9H,1-5H2. The predicted molar refractivity (Wildman–Crippen MR) is 49.5 cm³/mol. The van der Waals surface area contributed by atoms with Crippen LogP contribution < -0.4 is 0 Å². The molecular weight excluding hydrogens is 214 g/mol. The van der Waals surface area contributed by atoms with E-state index >= 15 is 0 Å². The summed E-state index contributed by atoms with van der Waals surface area (Å²) in [6, 6.07) is 0. The van der Waals surface area contributed by atoms with E-state index in [0.29, 0.717) is 0 Å². The van der Waals surface area contributed by atoms with E-state index in [1.807, 2.05) is 0 Å². The zero-order chi connectivity index (χ0) is 9.68. The highest BCUT2D eigenvalue weighted by Gasteiger charge is 2.21. The molecule has 1 saturated carbocycles. The predicted octanol–water partition coefficient (Wildman–Crippen LogP) is 1.78. The molecule has 1 unspecified atom stereocenters. The molecule has 0 heterocycles. The van der Waals surface area contributed by atoms with Crippen LogP contribution in [-0.4, -0.2) is 20.8 Å². The van der Waals surface area contributed by atoms with Crippen molar-refractivity contribution in [3.63, 3.8) is 0 Å². The Labute approximate surface area is 79.7 Å². The minimum atomic E-state index is -2.51. The van der Waals surface area contributed by atoms with Crippen LogP contribution in [0.2, 0.25) is 0 Å². The van der Waals surface area contributed by atoms with Crippen LogP contribution in [0.4, 0.5) is 0 Å². The normalized spacial score (nSPS) is 22.2. The highest BCUT2D eigenvalue weighted by atomic mass is 31.2. The zero-order valence-corrected chi connectivity index (χ0v) is 8.95. The molecule has 0 saturated heterocycles. The largest absolute Gasteiger partial charge is 0.337 e. The first-order valence-electron chi connectivity index (χ1n) is 4.20. The summed E-state index contributed by atoms with van der Waals surface area (Å²) in [5.74, 6) is 0. The lowest BCUT2D eigenvalue weighted by atomic mass is 9.98. The summed E-state index contributed by atoms with van der Waals surface area (Å²) in [7, 11) is -4.63. The van der Waals surface area contributed by atoms with E-state index in [-0.39, 0.29) is 6.10 Å². The van der Waals surface area contributed by atoms with E-state index < -0.39 is 17.2 Å². The summed E-state index contributed by atoms with van der Waals surface area (Å²) in [4.78, 5) is 25.9. The van der Waals surface area contributed by atoms with Crippen molar-refractivity contribution in [2.24, 2.45) is 0 Å². The maximum Gasteiger partial charge on any atom is 0.337 e. The summed E-state index contributed by atoms with van der Waals surface area (Å²) < 4.78 is 9.42. The van der Waals surface area contributed by atoms with Gasteiger partial charge < -0.3 is 19.2 Å². The van der Waals surface area contributed by atoms with Crippen molar-refractivity contribution in [3.8, 4) is 0 Å². The summed E-state index contributed by atoms with van der Waals surface area (Å²) >= 11 is 0. The van der Waals surface area contributed by atoms with Gasteiger partial charge in [-0.15, -0.1) is 0 Å². The van der Waals surface area contributed by atoms with Crippen LogP contribution in [0.1, 0.15) is 32.1 Å². The number of hydrogen-bond acceptors (Lipinski definition) is 5. The van der Waals surface area contributed by atoms with Gasteiger partial charge in [-0.05, 0) is 12.8 Å². The first-order valence-corrected chi connectivity index (χ1v) is 6.50. The third-order valence-electron chi connectivity index (χ3n) is 1.93. The molecule has 0 amide bonds. The smallest absolute Gasteiger partial charge is 0.328 e. The number of rotatable bonds is 4. The second kappa shape index (κ2) is 6.20. The average Bonchev–Trinajstić information content (AvgIpc) is 2.04. The van der Waals surface area contributed by atoms with Crippen molar-refractivity contribution in [2.45, 2.75) is 38.2 Å². The highest BCUT2D eigenvalue weighted by molar-refractivity contribution is 7.54. The molecule has 1 aliphatic rings. The van der Waals surface area contributed by atoms with Gasteiger partial charge in [-0.2, -0.15) is 0 Å². The second-order valence-corrected chi connectivity index (χ2v) is 4.78. The first-order chi connectivity index (χ1) is 6.18. The Hall–Kier alpha value is 0.660. The van der Waals surface area contributed by atoms with Crippen LogP contribution in [0.15, 0.2) is 0 Å². The summed E-state index contributed by atoms with van der Waals surface area (Å²) in [5, 5.41) is 0. The Morgan fingerprint density at radius 3 is 2.15 bits per heavy atom. The number of hydrogen-bond donors (Lipinski definition) is 3. The molecule has 0 aromatic heterocycles. The summed E-state index contributed by atoms with van der Waals surface area (Å²) in [6.07, 6.45) is 5.24. The molecule has 3 N–H and O–H groups in total. The van der Waals surface area contributed by atoms with Gasteiger partial charge in [-0.1, -0.05) is 19.3 Å². The molecule has 13 heavy (non-hydrogen) atoms. The van der Waals surface area contributed by atoms with Crippen molar-refractivity contribution < 1.29 is 23.5 Å². The van der Waals surface area contributed by atoms with Crippen LogP contribution in [0.25, 0.3) is 0 Å². The van der Waals surface area contributed by atoms with E-state index in [4.69, 9.17) is 19.2 Å². The maximum absolute atomic E-state index is 9.09. The SMILES string of the molecule is OP(O)OP(O)OC1CCCCC1. The van der Waals surface area contributed by atoms with Crippen molar-refractivity contribution in [1.82, 2.24) is 0 Å². The highest BCUT2D eigenvalue weighted by Crippen LogP contribution is 2.48. The molecule has 7 heteroatoms. The van der Waals surface area contributed by atoms with Gasteiger partial charge in [-0.25, -0.2) is 4.31 Å². The fourth-order valence-electron chi connectivity index (χ4n) is 1.38. The van der Waals surface area contributed by atoms with Gasteiger partial charge in [0, 0.05) is 0 Å². The van der Waals surface area contributed by atoms with Gasteiger partial charge in [0.1, 0.15) is 0 Å². The lowest BCUT2D eigenvalue weighted by molar-refractivity contribution is 0.133. The van der Waals surface area contributed by atoms with Crippen LogP contribution in [0, 0.1) is 0 Å². The fourth-order valence-corrected chi connectivity index (χ4v) is 2.50. The molecular formula is C6H14O5P2. The zero-order valence-electron chi connectivity index (χ0n) is 7.17. The van der Waals surface area contributed by atoms with Crippen molar-refractivity contribution >= 4 is 17.2 Å². The van der Waals surface area contributed by atoms with E-state index in [1.165, 1.54) is 6.42 Å². The fraction of sp³-hybridized carbons (Fsp3) is 1.00. The second-order valence-electron chi connectivity index (χ2n) is 2.94. The minimum Gasteiger partial charge on any atom is -0.328 e. The molecule has 5 nitrogen and oxygen atoms in total. The topological polar surface area (TPSA) is 79.2 Å². The Bertz CT molecular complexity index is 139. The molecule has 0 aromatic carbocycles. The van der Waals surface area contributed by atoms with E-state index in [2.05, 4.69) is 4.31 Å². The molecule has 1 rings (SSSR count). The molecule has 0 radical (unpaired) electrons. The quantitative estimate of drug-likeness (QED) is 0.639. The Morgan fingerprint density at radius 1 is 1.00 bits per heavy atom. The van der Waals surface area contributed by atoms with E-state index in [1.54, 1.807) is 0 Å². The molecule has 0 aromatic rings. The monoisotopic (exact) mass is 228 g/mol. The minimum absolute atomic E-state index is 0.0137. The van der Waals surface area contributed by atoms with Crippen LogP contribution in [0.3, 0.4) is 0 Å². The van der Waals surface area contributed by atoms with Crippen LogP contribution >= 0.6 is 17.2 Å². The van der Waals surface area contributed by atoms with Gasteiger partial charge in [-0.3, -0.25) is 0 Å². The van der Waals surface area contributed by atoms with Crippen LogP contribution in [-0.2, 0) is 8.83 Å². The Morgan fingerprint density at radius 2 is 1.62 bits per heavy atom. The molecule has 78 valence electrons. The van der Waals surface area contributed by atoms with Gasteiger partial charge in [0.25, 0.3) is 0 Å². The summed E-state index contributed by atoms with van der Waals surface area (Å²) in [5.41, 5.74) is 0. The lowest BCUT2D eigenvalue weighted by Gasteiger charge is -2.23. The van der Waals surface area contributed by atoms with E-state index in [9.17, 15) is 0 Å². The maximum atomic E-state index is 9.09.